The summed E-state index contributed by atoms with van der Waals surface area (Å²) in [6.45, 7) is 0.0796. The summed E-state index contributed by atoms with van der Waals surface area (Å²) in [7, 11) is 0. The molecule has 0 radical (unpaired) electrons. The number of carboxylic acid groups (broad SMARTS) is 1. The van der Waals surface area contributed by atoms with Gasteiger partial charge in [-0.1, -0.05) is 12.1 Å². The summed E-state index contributed by atoms with van der Waals surface area (Å²) in [5.74, 6) is 0.202. The van der Waals surface area contributed by atoms with Crippen LogP contribution in [-0.4, -0.2) is 33.1 Å². The Kier molecular flexibility index (Phi) is 3.93. The minimum Gasteiger partial charge on any atom is -0.508 e. The number of nitrogens with zero attached hydrogens (tertiary/aromatic N) is 1. The Morgan fingerprint density at radius 1 is 1.27 bits per heavy atom. The average molecular weight is 211 g/mol. The van der Waals surface area contributed by atoms with Crippen molar-refractivity contribution in [3.05, 3.63) is 29.8 Å². The van der Waals surface area contributed by atoms with E-state index in [2.05, 4.69) is 0 Å². The van der Waals surface area contributed by atoms with Crippen LogP contribution in [0.4, 0.5) is 4.79 Å². The first-order chi connectivity index (χ1) is 7.09. The van der Waals surface area contributed by atoms with Gasteiger partial charge in [-0.15, -0.1) is 0 Å². The first-order valence-electron chi connectivity index (χ1n) is 4.57. The third-order valence-corrected chi connectivity index (χ3v) is 1.99. The van der Waals surface area contributed by atoms with Crippen LogP contribution in [0.15, 0.2) is 24.3 Å². The lowest BCUT2D eigenvalue weighted by atomic mass is 10.1. The molecule has 0 bridgehead atoms. The first-order valence-corrected chi connectivity index (χ1v) is 4.57. The fourth-order valence-corrected chi connectivity index (χ4v) is 1.19. The maximum Gasteiger partial charge on any atom is 0.431 e. The van der Waals surface area contributed by atoms with Gasteiger partial charge in [0.25, 0.3) is 0 Å². The van der Waals surface area contributed by atoms with Crippen molar-refractivity contribution in [2.24, 2.45) is 0 Å². The largest absolute Gasteiger partial charge is 0.508 e. The second kappa shape index (κ2) is 5.21. The van der Waals surface area contributed by atoms with Crippen molar-refractivity contribution in [3.8, 4) is 5.75 Å². The summed E-state index contributed by atoms with van der Waals surface area (Å²) in [6.07, 6.45) is -0.154. The molecule has 0 spiro atoms. The van der Waals surface area contributed by atoms with Gasteiger partial charge in [-0.3, -0.25) is 5.21 Å². The molecule has 5 nitrogen and oxygen atoms in total. The molecule has 5 heteroatoms. The molecule has 0 saturated heterocycles. The summed E-state index contributed by atoms with van der Waals surface area (Å²) in [4.78, 5) is 10.2. The fraction of sp³-hybridized carbons (Fsp3) is 0.300. The zero-order chi connectivity index (χ0) is 11.3. The van der Waals surface area contributed by atoms with Crippen molar-refractivity contribution in [1.82, 2.24) is 5.06 Å². The van der Waals surface area contributed by atoms with Crippen LogP contribution >= 0.6 is 0 Å². The van der Waals surface area contributed by atoms with Gasteiger partial charge in [-0.05, 0) is 30.5 Å². The molecule has 15 heavy (non-hydrogen) atoms. The zero-order valence-electron chi connectivity index (χ0n) is 8.13. The van der Waals surface area contributed by atoms with Gasteiger partial charge in [-0.25, -0.2) is 4.79 Å². The molecule has 1 rings (SSSR count). The summed E-state index contributed by atoms with van der Waals surface area (Å²) in [5.41, 5.74) is 0.992. The van der Waals surface area contributed by atoms with E-state index in [0.29, 0.717) is 12.8 Å². The van der Waals surface area contributed by atoms with Crippen molar-refractivity contribution >= 4 is 6.09 Å². The quantitative estimate of drug-likeness (QED) is 0.523. The highest BCUT2D eigenvalue weighted by atomic mass is 16.6. The van der Waals surface area contributed by atoms with Gasteiger partial charge in [0.15, 0.2) is 0 Å². The summed E-state index contributed by atoms with van der Waals surface area (Å²) >= 11 is 0. The van der Waals surface area contributed by atoms with E-state index in [4.69, 9.17) is 15.4 Å². The minimum absolute atomic E-state index is 0.0796. The number of aryl methyl sites for hydroxylation is 1. The molecular formula is C10H13NO4. The zero-order valence-corrected chi connectivity index (χ0v) is 8.13. The molecule has 1 amide bonds. The molecule has 0 aliphatic heterocycles. The monoisotopic (exact) mass is 211 g/mol. The fourth-order valence-electron chi connectivity index (χ4n) is 1.19. The van der Waals surface area contributed by atoms with Crippen LogP contribution in [0, 0.1) is 0 Å². The number of hydrogen-bond donors (Lipinski definition) is 3. The van der Waals surface area contributed by atoms with Crippen molar-refractivity contribution in [2.75, 3.05) is 6.54 Å². The van der Waals surface area contributed by atoms with E-state index in [1.807, 2.05) is 0 Å². The van der Waals surface area contributed by atoms with Gasteiger partial charge in [-0.2, -0.15) is 5.06 Å². The van der Waals surface area contributed by atoms with Crippen LogP contribution in [0.1, 0.15) is 12.0 Å². The van der Waals surface area contributed by atoms with E-state index in [0.717, 1.165) is 5.56 Å². The van der Waals surface area contributed by atoms with Crippen molar-refractivity contribution < 1.29 is 20.2 Å². The Bertz CT molecular complexity index is 323. The van der Waals surface area contributed by atoms with Gasteiger partial charge in [0.05, 0.1) is 6.54 Å². The number of rotatable bonds is 4. The highest BCUT2D eigenvalue weighted by Crippen LogP contribution is 2.11. The average Bonchev–Trinajstić information content (AvgIpc) is 2.20. The predicted molar refractivity (Wildman–Crippen MR) is 52.9 cm³/mol. The van der Waals surface area contributed by atoms with Crippen LogP contribution in [-0.2, 0) is 6.42 Å². The molecular weight excluding hydrogens is 198 g/mol. The van der Waals surface area contributed by atoms with Gasteiger partial charge in [0, 0.05) is 0 Å². The third-order valence-electron chi connectivity index (χ3n) is 1.99. The third kappa shape index (κ3) is 3.86. The van der Waals surface area contributed by atoms with Gasteiger partial charge in [0.2, 0.25) is 0 Å². The molecule has 1 aromatic rings. The van der Waals surface area contributed by atoms with E-state index in [9.17, 15) is 4.79 Å². The highest BCUT2D eigenvalue weighted by molar-refractivity contribution is 5.63. The Balaban J connectivity index is 2.32. The lowest BCUT2D eigenvalue weighted by Crippen LogP contribution is -2.26. The Hall–Kier alpha value is -1.75. The Labute approximate surface area is 87.1 Å². The second-order valence-electron chi connectivity index (χ2n) is 3.18. The molecule has 3 N–H and O–H groups in total. The van der Waals surface area contributed by atoms with Crippen LogP contribution in [0.3, 0.4) is 0 Å². The van der Waals surface area contributed by atoms with E-state index >= 15 is 0 Å². The van der Waals surface area contributed by atoms with Crippen LogP contribution in [0.2, 0.25) is 0 Å². The smallest absolute Gasteiger partial charge is 0.431 e. The number of hydrogen-bond acceptors (Lipinski definition) is 3. The number of carbonyl (C=O) groups is 1. The number of amides is 1. The molecule has 0 aliphatic rings. The predicted octanol–water partition coefficient (Wildman–Crippen LogP) is 1.69. The Morgan fingerprint density at radius 2 is 1.87 bits per heavy atom. The van der Waals surface area contributed by atoms with Crippen LogP contribution in [0.5, 0.6) is 5.75 Å². The molecule has 1 aromatic carbocycles. The lowest BCUT2D eigenvalue weighted by Gasteiger charge is -2.09. The molecule has 0 saturated carbocycles. The molecule has 0 atom stereocenters. The Morgan fingerprint density at radius 3 is 2.40 bits per heavy atom. The van der Waals surface area contributed by atoms with Gasteiger partial charge >= 0.3 is 6.09 Å². The molecule has 0 aliphatic carbocycles. The summed E-state index contributed by atoms with van der Waals surface area (Å²) in [6, 6.07) is 6.67. The van der Waals surface area contributed by atoms with Crippen LogP contribution in [0.25, 0.3) is 0 Å². The molecule has 82 valence electrons. The number of phenols is 1. The number of hydroxylamine groups is 2. The van der Waals surface area contributed by atoms with Crippen molar-refractivity contribution in [2.45, 2.75) is 12.8 Å². The van der Waals surface area contributed by atoms with Crippen LogP contribution < -0.4 is 0 Å². The molecule has 0 aromatic heterocycles. The molecule has 0 unspecified atom stereocenters. The summed E-state index contributed by atoms with van der Waals surface area (Å²) in [5, 5.41) is 26.5. The molecule has 0 heterocycles. The number of aromatic hydroxyl groups is 1. The normalized spacial score (nSPS) is 9.93. The maximum atomic E-state index is 10.2. The van der Waals surface area contributed by atoms with Crippen molar-refractivity contribution in [3.63, 3.8) is 0 Å². The lowest BCUT2D eigenvalue weighted by molar-refractivity contribution is -0.0640. The number of phenolic OH excluding ortho intramolecular Hbond substituents is 1. The van der Waals surface area contributed by atoms with E-state index in [-0.39, 0.29) is 17.4 Å². The summed E-state index contributed by atoms with van der Waals surface area (Å²) < 4.78 is 0. The van der Waals surface area contributed by atoms with Crippen molar-refractivity contribution in [1.29, 1.82) is 0 Å². The topological polar surface area (TPSA) is 81.0 Å². The van der Waals surface area contributed by atoms with E-state index < -0.39 is 6.09 Å². The van der Waals surface area contributed by atoms with Gasteiger partial charge < -0.3 is 10.2 Å². The molecule has 0 fully saturated rings. The van der Waals surface area contributed by atoms with E-state index in [1.54, 1.807) is 24.3 Å². The van der Waals surface area contributed by atoms with Gasteiger partial charge in [0.1, 0.15) is 5.75 Å². The maximum absolute atomic E-state index is 10.2. The SMILES string of the molecule is O=C(O)N(O)CCCc1ccc(O)cc1. The van der Waals surface area contributed by atoms with E-state index in [1.165, 1.54) is 0 Å². The second-order valence-corrected chi connectivity index (χ2v) is 3.18. The highest BCUT2D eigenvalue weighted by Gasteiger charge is 2.06. The standard InChI is InChI=1S/C10H13NO4/c12-9-5-3-8(4-6-9)2-1-7-11(15)10(13)14/h3-6,12,15H,1-2,7H2,(H,13,14). The minimum atomic E-state index is -1.35. The first kappa shape index (κ1) is 11.3. The number of benzene rings is 1.